The van der Waals surface area contributed by atoms with Crippen molar-refractivity contribution in [2.45, 2.75) is 0 Å². The van der Waals surface area contributed by atoms with Crippen LogP contribution in [0.5, 0.6) is 5.75 Å². The van der Waals surface area contributed by atoms with Crippen molar-refractivity contribution in [2.75, 3.05) is 32.6 Å². The lowest BCUT2D eigenvalue weighted by molar-refractivity contribution is -0.136. The number of nitrogens with zero attached hydrogens (tertiary/aromatic N) is 1. The van der Waals surface area contributed by atoms with Crippen molar-refractivity contribution in [3.8, 4) is 5.75 Å². The molecule has 7 heteroatoms. The Balaban J connectivity index is 2.01. The van der Waals surface area contributed by atoms with Gasteiger partial charge >= 0.3 is 0 Å². The summed E-state index contributed by atoms with van der Waals surface area (Å²) in [5, 5.41) is 5.22. The molecule has 26 heavy (non-hydrogen) atoms. The molecule has 0 aliphatic heterocycles. The lowest BCUT2D eigenvalue weighted by Crippen LogP contribution is -2.39. The Labute approximate surface area is 152 Å². The van der Waals surface area contributed by atoms with E-state index in [1.54, 1.807) is 36.4 Å². The highest BCUT2D eigenvalue weighted by Gasteiger charge is 2.16. The fraction of sp³-hybridized carbons (Fsp3) is 0.211. The highest BCUT2D eigenvalue weighted by Crippen LogP contribution is 2.19. The minimum absolute atomic E-state index is 0.0607. The van der Waals surface area contributed by atoms with Crippen molar-refractivity contribution >= 4 is 23.4 Å². The first-order valence-corrected chi connectivity index (χ1v) is 8.04. The summed E-state index contributed by atoms with van der Waals surface area (Å²) in [5.74, 6) is -0.684. The number of nitrogens with one attached hydrogen (secondary N) is 2. The lowest BCUT2D eigenvalue weighted by atomic mass is 10.2. The number of rotatable bonds is 7. The molecule has 0 aliphatic rings. The largest absolute Gasteiger partial charge is 0.483 e. The molecule has 0 saturated carbocycles. The number of hydrogen-bond acceptors (Lipinski definition) is 4. The Hall–Kier alpha value is -3.35. The van der Waals surface area contributed by atoms with Crippen LogP contribution in [0.2, 0.25) is 0 Å². The maximum Gasteiger partial charge on any atom is 0.260 e. The van der Waals surface area contributed by atoms with E-state index in [2.05, 4.69) is 10.6 Å². The van der Waals surface area contributed by atoms with E-state index in [1.807, 2.05) is 18.2 Å². The Morgan fingerprint density at radius 3 is 2.35 bits per heavy atom. The Morgan fingerprint density at radius 1 is 1.00 bits per heavy atom. The van der Waals surface area contributed by atoms with Crippen molar-refractivity contribution < 1.29 is 19.1 Å². The standard InChI is InChI=1S/C19H21N3O4/c1-20-17(23)12-22(2)18(24)13-26-16-11-7-6-10-15(16)19(25)21-14-8-4-3-5-9-14/h3-11H,12-13H2,1-2H3,(H,20,23)(H,21,25). The summed E-state index contributed by atoms with van der Waals surface area (Å²) in [6.45, 7) is -0.335. The van der Waals surface area contributed by atoms with Crippen LogP contribution in [0.25, 0.3) is 0 Å². The second-order valence-corrected chi connectivity index (χ2v) is 5.53. The molecule has 0 heterocycles. The van der Waals surface area contributed by atoms with E-state index in [0.717, 1.165) is 0 Å². The highest BCUT2D eigenvalue weighted by molar-refractivity contribution is 6.06. The Morgan fingerprint density at radius 2 is 1.65 bits per heavy atom. The van der Waals surface area contributed by atoms with Gasteiger partial charge in [-0.05, 0) is 24.3 Å². The summed E-state index contributed by atoms with van der Waals surface area (Å²) in [6, 6.07) is 15.7. The van der Waals surface area contributed by atoms with Gasteiger partial charge in [0.25, 0.3) is 11.8 Å². The zero-order valence-electron chi connectivity index (χ0n) is 14.7. The topological polar surface area (TPSA) is 87.7 Å². The first kappa shape index (κ1) is 19.0. The van der Waals surface area contributed by atoms with Crippen molar-refractivity contribution in [1.82, 2.24) is 10.2 Å². The molecule has 7 nitrogen and oxygen atoms in total. The molecule has 0 spiro atoms. The fourth-order valence-corrected chi connectivity index (χ4v) is 2.13. The first-order valence-electron chi connectivity index (χ1n) is 8.04. The molecule has 0 atom stereocenters. The lowest BCUT2D eigenvalue weighted by Gasteiger charge is -2.17. The third-order valence-electron chi connectivity index (χ3n) is 3.60. The molecule has 0 fully saturated rings. The van der Waals surface area contributed by atoms with Crippen LogP contribution in [0, 0.1) is 0 Å². The molecule has 0 aliphatic carbocycles. The van der Waals surface area contributed by atoms with Crippen LogP contribution in [0.1, 0.15) is 10.4 Å². The van der Waals surface area contributed by atoms with E-state index in [9.17, 15) is 14.4 Å². The number of carbonyl (C=O) groups is 3. The van der Waals surface area contributed by atoms with Gasteiger partial charge in [0.15, 0.2) is 6.61 Å². The number of hydrogen-bond donors (Lipinski definition) is 2. The van der Waals surface area contributed by atoms with Crippen molar-refractivity contribution in [3.05, 3.63) is 60.2 Å². The van der Waals surface area contributed by atoms with Crippen LogP contribution in [0.3, 0.4) is 0 Å². The number of para-hydroxylation sites is 2. The normalized spacial score (nSPS) is 9.92. The van der Waals surface area contributed by atoms with Gasteiger partial charge in [-0.25, -0.2) is 0 Å². The molecular formula is C19H21N3O4. The average molecular weight is 355 g/mol. The number of benzene rings is 2. The molecule has 2 rings (SSSR count). The first-order chi connectivity index (χ1) is 12.5. The van der Waals surface area contributed by atoms with Crippen LogP contribution < -0.4 is 15.4 Å². The molecule has 3 amide bonds. The van der Waals surface area contributed by atoms with Crippen LogP contribution >= 0.6 is 0 Å². The van der Waals surface area contributed by atoms with Gasteiger partial charge in [0.2, 0.25) is 5.91 Å². The van der Waals surface area contributed by atoms with Crippen LogP contribution in [0.15, 0.2) is 54.6 Å². The molecular weight excluding hydrogens is 334 g/mol. The van der Waals surface area contributed by atoms with Gasteiger partial charge in [-0.1, -0.05) is 30.3 Å². The zero-order chi connectivity index (χ0) is 18.9. The predicted molar refractivity (Wildman–Crippen MR) is 98.0 cm³/mol. The summed E-state index contributed by atoms with van der Waals surface area (Å²) in [4.78, 5) is 37.1. The minimum Gasteiger partial charge on any atom is -0.483 e. The third-order valence-corrected chi connectivity index (χ3v) is 3.60. The van der Waals surface area contributed by atoms with Crippen molar-refractivity contribution in [1.29, 1.82) is 0 Å². The van der Waals surface area contributed by atoms with E-state index in [0.29, 0.717) is 17.0 Å². The van der Waals surface area contributed by atoms with Gasteiger partial charge in [-0.15, -0.1) is 0 Å². The van der Waals surface area contributed by atoms with E-state index in [1.165, 1.54) is 19.0 Å². The monoisotopic (exact) mass is 355 g/mol. The number of likely N-dealkylation sites (N-methyl/N-ethyl adjacent to an activating group) is 2. The summed E-state index contributed by atoms with van der Waals surface area (Å²) >= 11 is 0. The van der Waals surface area contributed by atoms with E-state index >= 15 is 0 Å². The van der Waals surface area contributed by atoms with E-state index < -0.39 is 0 Å². The fourth-order valence-electron chi connectivity index (χ4n) is 2.13. The van der Waals surface area contributed by atoms with Gasteiger partial charge < -0.3 is 20.3 Å². The number of anilines is 1. The number of amides is 3. The van der Waals surface area contributed by atoms with Crippen molar-refractivity contribution in [3.63, 3.8) is 0 Å². The summed E-state index contributed by atoms with van der Waals surface area (Å²) < 4.78 is 5.51. The Bertz CT molecular complexity index is 777. The quantitative estimate of drug-likeness (QED) is 0.788. The second kappa shape index (κ2) is 9.22. The Kier molecular flexibility index (Phi) is 6.73. The molecule has 0 aromatic heterocycles. The molecule has 0 saturated heterocycles. The number of ether oxygens (including phenoxy) is 1. The zero-order valence-corrected chi connectivity index (χ0v) is 14.7. The summed E-state index contributed by atoms with van der Waals surface area (Å²) in [6.07, 6.45) is 0. The van der Waals surface area contributed by atoms with Crippen molar-refractivity contribution in [2.24, 2.45) is 0 Å². The molecule has 0 radical (unpaired) electrons. The van der Waals surface area contributed by atoms with Crippen LogP contribution in [-0.4, -0.2) is 49.9 Å². The smallest absolute Gasteiger partial charge is 0.260 e. The highest BCUT2D eigenvalue weighted by atomic mass is 16.5. The molecule has 2 aromatic carbocycles. The minimum atomic E-state index is -0.369. The molecule has 2 N–H and O–H groups in total. The van der Waals surface area contributed by atoms with E-state index in [4.69, 9.17) is 4.74 Å². The van der Waals surface area contributed by atoms with E-state index in [-0.39, 0.29) is 30.9 Å². The summed E-state index contributed by atoms with van der Waals surface area (Å²) in [5.41, 5.74) is 0.979. The van der Waals surface area contributed by atoms with Gasteiger partial charge in [0, 0.05) is 19.8 Å². The molecule has 2 aromatic rings. The third kappa shape index (κ3) is 5.34. The van der Waals surface area contributed by atoms with Gasteiger partial charge in [0.1, 0.15) is 5.75 Å². The predicted octanol–water partition coefficient (Wildman–Crippen LogP) is 1.52. The molecule has 0 unspecified atom stereocenters. The average Bonchev–Trinajstić information content (AvgIpc) is 2.66. The summed E-state index contributed by atoms with van der Waals surface area (Å²) in [7, 11) is 3.01. The maximum atomic E-state index is 12.5. The second-order valence-electron chi connectivity index (χ2n) is 5.53. The molecule has 0 bridgehead atoms. The molecule has 136 valence electrons. The van der Waals surface area contributed by atoms with Gasteiger partial charge in [-0.2, -0.15) is 0 Å². The van der Waals surface area contributed by atoms with Gasteiger partial charge in [0.05, 0.1) is 12.1 Å². The number of carbonyl (C=O) groups excluding carboxylic acids is 3. The van der Waals surface area contributed by atoms with Crippen LogP contribution in [-0.2, 0) is 9.59 Å². The van der Waals surface area contributed by atoms with Crippen LogP contribution in [0.4, 0.5) is 5.69 Å². The SMILES string of the molecule is CNC(=O)CN(C)C(=O)COc1ccccc1C(=O)Nc1ccccc1. The maximum absolute atomic E-state index is 12.5. The van der Waals surface area contributed by atoms with Gasteiger partial charge in [-0.3, -0.25) is 14.4 Å².